The van der Waals surface area contributed by atoms with Gasteiger partial charge in [0.15, 0.2) is 11.4 Å². The van der Waals surface area contributed by atoms with Crippen LogP contribution in [0.4, 0.5) is 11.5 Å². The lowest BCUT2D eigenvalue weighted by molar-refractivity contribution is -0.147. The Morgan fingerprint density at radius 2 is 1.83 bits per heavy atom. The van der Waals surface area contributed by atoms with Gasteiger partial charge in [-0.05, 0) is 110 Å². The minimum Gasteiger partial charge on any atom is -0.481 e. The monoisotopic (exact) mass is 695 g/mol. The fraction of sp³-hybridized carbons (Fsp3) is 0.293. The number of aliphatic hydroxyl groups is 1. The van der Waals surface area contributed by atoms with Crippen molar-refractivity contribution in [1.29, 1.82) is 5.26 Å². The van der Waals surface area contributed by atoms with Gasteiger partial charge >= 0.3 is 5.97 Å². The summed E-state index contributed by atoms with van der Waals surface area (Å²) in [5, 5.41) is 36.6. The molecule has 11 heteroatoms. The highest BCUT2D eigenvalue weighted by molar-refractivity contribution is 5.91. The van der Waals surface area contributed by atoms with Gasteiger partial charge < -0.3 is 25.3 Å². The minimum absolute atomic E-state index is 0.0200. The second-order valence-corrected chi connectivity index (χ2v) is 14.1. The molecule has 11 nitrogen and oxygen atoms in total. The summed E-state index contributed by atoms with van der Waals surface area (Å²) in [5.74, 6) is 0.342. The number of anilines is 2. The van der Waals surface area contributed by atoms with Crippen LogP contribution in [-0.4, -0.2) is 61.8 Å². The van der Waals surface area contributed by atoms with Crippen molar-refractivity contribution in [3.05, 3.63) is 101 Å². The Hall–Kier alpha value is -5.67. The predicted molar refractivity (Wildman–Crippen MR) is 201 cm³/mol. The summed E-state index contributed by atoms with van der Waals surface area (Å²) in [6.07, 6.45) is 4.26. The summed E-state index contributed by atoms with van der Waals surface area (Å²) in [5.41, 5.74) is 9.24. The number of hydrogen-bond acceptors (Lipinski definition) is 10. The number of aromatic nitrogens is 3. The van der Waals surface area contributed by atoms with Gasteiger partial charge in [0, 0.05) is 54.7 Å². The number of nitrogens with one attached hydrogen (secondary N) is 2. The smallest absolute Gasteiger partial charge is 0.310 e. The summed E-state index contributed by atoms with van der Waals surface area (Å²) in [7, 11) is 0. The summed E-state index contributed by atoms with van der Waals surface area (Å²) < 4.78 is 6.24. The number of aliphatic carboxylic acids is 1. The topological polar surface area (TPSA) is 160 Å². The number of nitriles is 1. The van der Waals surface area contributed by atoms with E-state index in [2.05, 4.69) is 51.7 Å². The largest absolute Gasteiger partial charge is 0.481 e. The maximum atomic E-state index is 11.7. The maximum Gasteiger partial charge on any atom is 0.310 e. The molecular formula is C41H41N7O4. The molecule has 264 valence electrons. The van der Waals surface area contributed by atoms with E-state index in [-0.39, 0.29) is 12.6 Å². The van der Waals surface area contributed by atoms with Crippen molar-refractivity contribution in [3.63, 3.8) is 0 Å². The Kier molecular flexibility index (Phi) is 9.46. The van der Waals surface area contributed by atoms with Gasteiger partial charge in [-0.2, -0.15) is 5.26 Å². The van der Waals surface area contributed by atoms with E-state index in [4.69, 9.17) is 14.4 Å². The van der Waals surface area contributed by atoms with E-state index in [9.17, 15) is 20.3 Å². The van der Waals surface area contributed by atoms with Gasteiger partial charge in [0.2, 0.25) is 5.89 Å². The molecule has 1 aliphatic rings. The lowest BCUT2D eigenvalue weighted by Crippen LogP contribution is -2.31. The van der Waals surface area contributed by atoms with Crippen molar-refractivity contribution in [2.45, 2.75) is 53.2 Å². The van der Waals surface area contributed by atoms with Crippen LogP contribution in [0, 0.1) is 30.6 Å². The highest BCUT2D eigenvalue weighted by Crippen LogP contribution is 2.38. The fourth-order valence-electron chi connectivity index (χ4n) is 7.01. The van der Waals surface area contributed by atoms with Crippen molar-refractivity contribution < 1.29 is 19.4 Å². The van der Waals surface area contributed by atoms with Crippen LogP contribution in [0.2, 0.25) is 0 Å². The van der Waals surface area contributed by atoms with E-state index in [1.54, 1.807) is 12.3 Å². The van der Waals surface area contributed by atoms with E-state index in [1.165, 1.54) is 0 Å². The number of carboxylic acid groups (broad SMARTS) is 1. The van der Waals surface area contributed by atoms with Gasteiger partial charge in [-0.25, -0.2) is 9.97 Å². The minimum atomic E-state index is -0.748. The fourth-order valence-corrected chi connectivity index (χ4v) is 7.01. The number of oxazole rings is 1. The molecule has 52 heavy (non-hydrogen) atoms. The van der Waals surface area contributed by atoms with E-state index >= 15 is 0 Å². The molecule has 3 aromatic heterocycles. The zero-order valence-corrected chi connectivity index (χ0v) is 29.7. The number of rotatable bonds is 11. The number of fused-ring (bicyclic) bond motifs is 2. The van der Waals surface area contributed by atoms with Crippen molar-refractivity contribution >= 4 is 39.5 Å². The number of nitrogens with zero attached hydrogens (tertiary/aromatic N) is 5. The van der Waals surface area contributed by atoms with Gasteiger partial charge in [0.1, 0.15) is 17.1 Å². The van der Waals surface area contributed by atoms with Gasteiger partial charge in [-0.3, -0.25) is 14.7 Å². The zero-order valence-electron chi connectivity index (χ0n) is 29.7. The number of carboxylic acids is 1. The standard InChI is InChI=1S/C41H41N7O4/c1-24(22-49)44-19-27-15-30(18-42)37-35(17-27)47-39(52-37)33-9-5-7-31(25(33)2)32-8-6-10-34(26(32)3)46-38-36-29(11-13-43-38)16-28(20-45-36)21-48-14-12-41(4,23-48)40(50)51/h5-11,13,15-17,20,24,44,49H,12,14,19,21-23H2,1-4H3,(H,43,46)(H,50,51)/t24-,41+/m0/s1. The molecular weight excluding hydrogens is 654 g/mol. The van der Waals surface area contributed by atoms with E-state index in [0.29, 0.717) is 54.4 Å². The summed E-state index contributed by atoms with van der Waals surface area (Å²) >= 11 is 0. The SMILES string of the molecule is Cc1c(Nc2nccc3cc(CN4CC[C@@](C)(C(=O)O)C4)cnc23)cccc1-c1cccc(-c2nc3cc(CN[C@@H](C)CO)cc(C#N)c3o2)c1C. The summed E-state index contributed by atoms with van der Waals surface area (Å²) in [6, 6.07) is 22.1. The van der Waals surface area contributed by atoms with Gasteiger partial charge in [0.05, 0.1) is 17.6 Å². The Balaban J connectivity index is 1.15. The van der Waals surface area contributed by atoms with Crippen LogP contribution in [-0.2, 0) is 17.9 Å². The summed E-state index contributed by atoms with van der Waals surface area (Å²) in [4.78, 5) is 28.2. The number of pyridine rings is 2. The molecule has 0 aliphatic carbocycles. The average molecular weight is 696 g/mol. The number of hydrogen-bond donors (Lipinski definition) is 4. The molecule has 4 heterocycles. The molecule has 1 saturated heterocycles. The molecule has 6 aromatic rings. The van der Waals surface area contributed by atoms with Crippen LogP contribution in [0.15, 0.2) is 77.5 Å². The van der Waals surface area contributed by atoms with E-state index in [1.807, 2.05) is 63.4 Å². The zero-order chi connectivity index (χ0) is 36.6. The molecule has 1 fully saturated rings. The first-order valence-electron chi connectivity index (χ1n) is 17.4. The quantitative estimate of drug-likeness (QED) is 0.109. The van der Waals surface area contributed by atoms with E-state index in [0.717, 1.165) is 62.1 Å². The first-order valence-corrected chi connectivity index (χ1v) is 17.4. The van der Waals surface area contributed by atoms with Crippen LogP contribution in [0.5, 0.6) is 0 Å². The van der Waals surface area contributed by atoms with Crippen LogP contribution in [0.1, 0.15) is 48.1 Å². The lowest BCUT2D eigenvalue weighted by Gasteiger charge is -2.20. The highest BCUT2D eigenvalue weighted by Gasteiger charge is 2.40. The van der Waals surface area contributed by atoms with Crippen LogP contribution >= 0.6 is 0 Å². The Bertz CT molecular complexity index is 2360. The molecule has 0 saturated carbocycles. The van der Waals surface area contributed by atoms with Gasteiger partial charge in [0.25, 0.3) is 0 Å². The molecule has 2 atom stereocenters. The molecule has 1 aliphatic heterocycles. The molecule has 0 amide bonds. The molecule has 0 unspecified atom stereocenters. The van der Waals surface area contributed by atoms with Crippen molar-refractivity contribution in [2.75, 3.05) is 25.0 Å². The summed E-state index contributed by atoms with van der Waals surface area (Å²) in [6.45, 7) is 10.2. The first-order chi connectivity index (χ1) is 25.1. The third-order valence-electron chi connectivity index (χ3n) is 10.2. The predicted octanol–water partition coefficient (Wildman–Crippen LogP) is 7.10. The lowest BCUT2D eigenvalue weighted by atomic mass is 9.90. The molecule has 0 spiro atoms. The van der Waals surface area contributed by atoms with Crippen molar-refractivity contribution in [2.24, 2.45) is 5.41 Å². The first kappa shape index (κ1) is 34.8. The van der Waals surface area contributed by atoms with Crippen molar-refractivity contribution in [3.8, 4) is 28.7 Å². The normalized spacial score (nSPS) is 16.7. The maximum absolute atomic E-state index is 11.7. The second kappa shape index (κ2) is 14.2. The molecule has 4 N–H and O–H groups in total. The third kappa shape index (κ3) is 6.72. The number of carbonyl (C=O) groups is 1. The molecule has 7 rings (SSSR count). The molecule has 3 aromatic carbocycles. The van der Waals surface area contributed by atoms with Crippen LogP contribution < -0.4 is 10.6 Å². The third-order valence-corrected chi connectivity index (χ3v) is 10.2. The number of likely N-dealkylation sites (tertiary alicyclic amines) is 1. The second-order valence-electron chi connectivity index (χ2n) is 14.1. The molecule has 0 bridgehead atoms. The van der Waals surface area contributed by atoms with Crippen LogP contribution in [0.25, 0.3) is 44.6 Å². The van der Waals surface area contributed by atoms with E-state index < -0.39 is 11.4 Å². The Labute approximate surface area is 302 Å². The average Bonchev–Trinajstić information content (AvgIpc) is 3.75. The number of benzene rings is 3. The Morgan fingerprint density at radius 3 is 2.58 bits per heavy atom. The van der Waals surface area contributed by atoms with Crippen LogP contribution in [0.3, 0.4) is 0 Å². The highest BCUT2D eigenvalue weighted by atomic mass is 16.4. The Morgan fingerprint density at radius 1 is 1.06 bits per heavy atom. The van der Waals surface area contributed by atoms with Gasteiger partial charge in [-0.15, -0.1) is 0 Å². The van der Waals surface area contributed by atoms with Gasteiger partial charge in [-0.1, -0.05) is 24.3 Å². The van der Waals surface area contributed by atoms with Crippen molar-refractivity contribution in [1.82, 2.24) is 25.2 Å². The molecule has 0 radical (unpaired) electrons. The number of aliphatic hydroxyl groups excluding tert-OH is 1.